The molecule has 1 rings (SSSR count). The van der Waals surface area contributed by atoms with Crippen LogP contribution in [-0.4, -0.2) is 35.9 Å². The molecular weight excluding hydrogens is 277 g/mol. The molecule has 0 aliphatic carbocycles. The molecule has 7 heteroatoms. The third-order valence-corrected chi connectivity index (χ3v) is 2.87. The smallest absolute Gasteiger partial charge is 0.285 e. The molecule has 0 radical (unpaired) electrons. The average molecular weight is 297 g/mol. The molecule has 0 aliphatic heterocycles. The van der Waals surface area contributed by atoms with Crippen LogP contribution in [0.1, 0.15) is 31.1 Å². The molecule has 0 saturated carbocycles. The number of amides is 1. The van der Waals surface area contributed by atoms with Crippen molar-refractivity contribution >= 4 is 17.3 Å². The first-order valence-electron chi connectivity index (χ1n) is 6.75. The standard InChI is InChI=1S/C14H20FN3O3/c1-5-16-12-6-10(13(18(20)21)7-11(12)15)14(19)17(4)8-9(2)3/h6-7,9,16H,5,8H2,1-4H3. The zero-order valence-corrected chi connectivity index (χ0v) is 12.6. The van der Waals surface area contributed by atoms with Crippen LogP contribution < -0.4 is 5.32 Å². The summed E-state index contributed by atoms with van der Waals surface area (Å²) in [6.45, 7) is 6.56. The van der Waals surface area contributed by atoms with Gasteiger partial charge in [0.25, 0.3) is 11.6 Å². The minimum Gasteiger partial charge on any atom is -0.383 e. The SMILES string of the molecule is CCNc1cc(C(=O)N(C)CC(C)C)c([N+](=O)[O-])cc1F. The molecule has 0 aliphatic rings. The summed E-state index contributed by atoms with van der Waals surface area (Å²) in [7, 11) is 1.57. The molecule has 0 fully saturated rings. The summed E-state index contributed by atoms with van der Waals surface area (Å²) >= 11 is 0. The summed E-state index contributed by atoms with van der Waals surface area (Å²) in [6, 6.07) is 1.99. The predicted molar refractivity (Wildman–Crippen MR) is 79.0 cm³/mol. The van der Waals surface area contributed by atoms with Gasteiger partial charge < -0.3 is 10.2 Å². The van der Waals surface area contributed by atoms with Gasteiger partial charge in [-0.1, -0.05) is 13.8 Å². The minimum absolute atomic E-state index is 0.0874. The number of carbonyl (C=O) groups is 1. The van der Waals surface area contributed by atoms with Crippen LogP contribution in [0.5, 0.6) is 0 Å². The van der Waals surface area contributed by atoms with Crippen LogP contribution in [0.15, 0.2) is 12.1 Å². The van der Waals surface area contributed by atoms with Crippen LogP contribution in [0.25, 0.3) is 0 Å². The lowest BCUT2D eigenvalue weighted by atomic mass is 10.1. The normalized spacial score (nSPS) is 10.6. The lowest BCUT2D eigenvalue weighted by Crippen LogP contribution is -2.30. The van der Waals surface area contributed by atoms with Gasteiger partial charge in [-0.15, -0.1) is 0 Å². The van der Waals surface area contributed by atoms with E-state index in [0.29, 0.717) is 13.1 Å². The van der Waals surface area contributed by atoms with E-state index in [4.69, 9.17) is 0 Å². The summed E-state index contributed by atoms with van der Waals surface area (Å²) in [5, 5.41) is 13.8. The van der Waals surface area contributed by atoms with Gasteiger partial charge in [-0.2, -0.15) is 0 Å². The van der Waals surface area contributed by atoms with E-state index >= 15 is 0 Å². The van der Waals surface area contributed by atoms with E-state index in [9.17, 15) is 19.3 Å². The highest BCUT2D eigenvalue weighted by Gasteiger charge is 2.26. The molecule has 1 N–H and O–H groups in total. The second kappa shape index (κ2) is 7.01. The quantitative estimate of drug-likeness (QED) is 0.647. The van der Waals surface area contributed by atoms with Gasteiger partial charge in [-0.25, -0.2) is 4.39 Å². The van der Waals surface area contributed by atoms with Crippen molar-refractivity contribution in [3.05, 3.63) is 33.6 Å². The Hall–Kier alpha value is -2.18. The zero-order chi connectivity index (χ0) is 16.2. The minimum atomic E-state index is -0.744. The molecule has 0 spiro atoms. The second-order valence-electron chi connectivity index (χ2n) is 5.22. The monoisotopic (exact) mass is 297 g/mol. The Labute approximate surface area is 123 Å². The maximum atomic E-state index is 13.8. The van der Waals surface area contributed by atoms with E-state index < -0.39 is 22.3 Å². The number of benzene rings is 1. The second-order valence-corrected chi connectivity index (χ2v) is 5.22. The fourth-order valence-electron chi connectivity index (χ4n) is 2.05. The number of carbonyl (C=O) groups excluding carboxylic acids is 1. The summed E-state index contributed by atoms with van der Waals surface area (Å²) < 4.78 is 13.8. The highest BCUT2D eigenvalue weighted by Crippen LogP contribution is 2.27. The van der Waals surface area contributed by atoms with Gasteiger partial charge in [-0.05, 0) is 18.9 Å². The van der Waals surface area contributed by atoms with E-state index in [1.807, 2.05) is 13.8 Å². The van der Waals surface area contributed by atoms with Crippen LogP contribution in [0.2, 0.25) is 0 Å². The van der Waals surface area contributed by atoms with Gasteiger partial charge >= 0.3 is 0 Å². The molecule has 6 nitrogen and oxygen atoms in total. The zero-order valence-electron chi connectivity index (χ0n) is 12.6. The Morgan fingerprint density at radius 3 is 2.57 bits per heavy atom. The fraction of sp³-hybridized carbons (Fsp3) is 0.500. The van der Waals surface area contributed by atoms with Crippen molar-refractivity contribution in [2.75, 3.05) is 25.5 Å². The van der Waals surface area contributed by atoms with Crippen LogP contribution in [0, 0.1) is 21.8 Å². The fourth-order valence-corrected chi connectivity index (χ4v) is 2.05. The number of halogens is 1. The molecule has 0 aromatic heterocycles. The molecule has 0 heterocycles. The summed E-state index contributed by atoms with van der Waals surface area (Å²) in [5.74, 6) is -1.01. The highest BCUT2D eigenvalue weighted by molar-refractivity contribution is 5.99. The number of nitro benzene ring substituents is 1. The molecule has 0 saturated heterocycles. The molecule has 0 atom stereocenters. The largest absolute Gasteiger partial charge is 0.383 e. The number of nitrogens with one attached hydrogen (secondary N) is 1. The Morgan fingerprint density at radius 1 is 1.48 bits per heavy atom. The molecule has 0 bridgehead atoms. The number of anilines is 1. The van der Waals surface area contributed by atoms with Gasteiger partial charge in [0.1, 0.15) is 5.56 Å². The van der Waals surface area contributed by atoms with Gasteiger partial charge in [0, 0.05) is 20.1 Å². The van der Waals surface area contributed by atoms with E-state index in [-0.39, 0.29) is 17.2 Å². The van der Waals surface area contributed by atoms with E-state index in [0.717, 1.165) is 6.07 Å². The number of hydrogen-bond acceptors (Lipinski definition) is 4. The Bertz CT molecular complexity index is 547. The van der Waals surface area contributed by atoms with Crippen molar-refractivity contribution in [1.82, 2.24) is 4.90 Å². The Kier molecular flexibility index (Phi) is 5.63. The van der Waals surface area contributed by atoms with Crippen LogP contribution in [-0.2, 0) is 0 Å². The number of hydrogen-bond donors (Lipinski definition) is 1. The summed E-state index contributed by atoms with van der Waals surface area (Å²) in [6.07, 6.45) is 0. The van der Waals surface area contributed by atoms with Crippen LogP contribution in [0.4, 0.5) is 15.8 Å². The van der Waals surface area contributed by atoms with Crippen LogP contribution in [0.3, 0.4) is 0 Å². The van der Waals surface area contributed by atoms with Crippen molar-refractivity contribution in [2.24, 2.45) is 5.92 Å². The maximum absolute atomic E-state index is 13.8. The molecule has 1 aromatic rings. The van der Waals surface area contributed by atoms with E-state index in [1.54, 1.807) is 14.0 Å². The summed E-state index contributed by atoms with van der Waals surface area (Å²) in [4.78, 5) is 24.0. The lowest BCUT2D eigenvalue weighted by Gasteiger charge is -2.20. The highest BCUT2D eigenvalue weighted by atomic mass is 19.1. The first-order chi connectivity index (χ1) is 9.77. The van der Waals surface area contributed by atoms with Gasteiger partial charge in [0.05, 0.1) is 16.7 Å². The van der Waals surface area contributed by atoms with Crippen molar-refractivity contribution < 1.29 is 14.1 Å². The maximum Gasteiger partial charge on any atom is 0.285 e. The molecule has 21 heavy (non-hydrogen) atoms. The molecule has 1 aromatic carbocycles. The third kappa shape index (κ3) is 4.14. The molecule has 0 unspecified atom stereocenters. The van der Waals surface area contributed by atoms with Crippen LogP contribution >= 0.6 is 0 Å². The van der Waals surface area contributed by atoms with Gasteiger partial charge in [-0.3, -0.25) is 14.9 Å². The third-order valence-electron chi connectivity index (χ3n) is 2.87. The molecule has 1 amide bonds. The lowest BCUT2D eigenvalue weighted by molar-refractivity contribution is -0.385. The van der Waals surface area contributed by atoms with Crippen molar-refractivity contribution in [2.45, 2.75) is 20.8 Å². The molecule has 116 valence electrons. The number of rotatable bonds is 6. The first-order valence-corrected chi connectivity index (χ1v) is 6.75. The number of nitro groups is 1. The Balaban J connectivity index is 3.27. The Morgan fingerprint density at radius 2 is 2.10 bits per heavy atom. The average Bonchev–Trinajstić information content (AvgIpc) is 2.39. The molecular formula is C14H20FN3O3. The van der Waals surface area contributed by atoms with E-state index in [2.05, 4.69) is 5.32 Å². The summed E-state index contributed by atoms with van der Waals surface area (Å²) in [5.41, 5.74) is -0.542. The van der Waals surface area contributed by atoms with Crippen molar-refractivity contribution in [3.8, 4) is 0 Å². The number of nitrogens with zero attached hydrogens (tertiary/aromatic N) is 2. The first kappa shape index (κ1) is 16.9. The predicted octanol–water partition coefficient (Wildman–Crippen LogP) is 2.89. The van der Waals surface area contributed by atoms with Crippen molar-refractivity contribution in [3.63, 3.8) is 0 Å². The van der Waals surface area contributed by atoms with Gasteiger partial charge in [0.15, 0.2) is 5.82 Å². The van der Waals surface area contributed by atoms with Crippen molar-refractivity contribution in [1.29, 1.82) is 0 Å². The van der Waals surface area contributed by atoms with Gasteiger partial charge in [0.2, 0.25) is 0 Å². The topological polar surface area (TPSA) is 75.5 Å². The van der Waals surface area contributed by atoms with E-state index in [1.165, 1.54) is 11.0 Å².